The van der Waals surface area contributed by atoms with E-state index in [4.69, 9.17) is 0 Å². The highest BCUT2D eigenvalue weighted by Gasteiger charge is 2.23. The Morgan fingerprint density at radius 3 is 3.10 bits per heavy atom. The third-order valence-corrected chi connectivity index (χ3v) is 4.31. The Morgan fingerprint density at radius 2 is 2.35 bits per heavy atom. The maximum Gasteiger partial charge on any atom is 0.128 e. The van der Waals surface area contributed by atoms with E-state index in [0.29, 0.717) is 12.5 Å². The van der Waals surface area contributed by atoms with E-state index < -0.39 is 0 Å². The van der Waals surface area contributed by atoms with Crippen LogP contribution >= 0.6 is 15.9 Å². The topological polar surface area (TPSA) is 31.9 Å². The molecule has 0 aliphatic carbocycles. The number of aromatic nitrogens is 2. The minimum Gasteiger partial charge on any atom is -0.348 e. The van der Waals surface area contributed by atoms with Crippen molar-refractivity contribution in [3.05, 3.63) is 52.3 Å². The molecule has 0 radical (unpaired) electrons. The van der Waals surface area contributed by atoms with Gasteiger partial charge in [0.25, 0.3) is 0 Å². The SMILES string of the molecule is Fc1cc(Br)ccc1CN1CCCC(c2ncc[nH]2)C1. The number of nitrogens with one attached hydrogen (secondary N) is 1. The maximum atomic E-state index is 13.9. The normalized spacial score (nSPS) is 20.2. The molecule has 1 atom stereocenters. The monoisotopic (exact) mass is 337 g/mol. The molecule has 0 bridgehead atoms. The number of piperidine rings is 1. The fraction of sp³-hybridized carbons (Fsp3) is 0.400. The predicted molar refractivity (Wildman–Crippen MR) is 79.9 cm³/mol. The number of nitrogens with zero attached hydrogens (tertiary/aromatic N) is 2. The Balaban J connectivity index is 1.68. The number of likely N-dealkylation sites (tertiary alicyclic amines) is 1. The number of benzene rings is 1. The molecule has 1 aliphatic heterocycles. The van der Waals surface area contributed by atoms with Gasteiger partial charge in [0.05, 0.1) is 0 Å². The first-order valence-corrected chi connectivity index (χ1v) is 7.67. The highest BCUT2D eigenvalue weighted by atomic mass is 79.9. The Labute approximate surface area is 126 Å². The zero-order chi connectivity index (χ0) is 13.9. The van der Waals surface area contributed by atoms with Gasteiger partial charge in [-0.15, -0.1) is 0 Å². The van der Waals surface area contributed by atoms with Crippen molar-refractivity contribution in [2.45, 2.75) is 25.3 Å². The molecule has 1 N–H and O–H groups in total. The molecule has 5 heteroatoms. The van der Waals surface area contributed by atoms with Gasteiger partial charge in [0.15, 0.2) is 0 Å². The molecule has 3 rings (SSSR count). The van der Waals surface area contributed by atoms with Crippen molar-refractivity contribution in [3.63, 3.8) is 0 Å². The average molecular weight is 338 g/mol. The fourth-order valence-electron chi connectivity index (χ4n) is 2.81. The first kappa shape index (κ1) is 13.8. The van der Waals surface area contributed by atoms with E-state index in [2.05, 4.69) is 30.8 Å². The van der Waals surface area contributed by atoms with Crippen molar-refractivity contribution in [2.24, 2.45) is 0 Å². The van der Waals surface area contributed by atoms with Crippen LogP contribution in [0.1, 0.15) is 30.1 Å². The minimum absolute atomic E-state index is 0.139. The summed E-state index contributed by atoms with van der Waals surface area (Å²) < 4.78 is 14.7. The first-order chi connectivity index (χ1) is 9.72. The molecule has 1 unspecified atom stereocenters. The van der Waals surface area contributed by atoms with Gasteiger partial charge in [0.1, 0.15) is 11.6 Å². The Hall–Kier alpha value is -1.20. The lowest BCUT2D eigenvalue weighted by atomic mass is 9.97. The van der Waals surface area contributed by atoms with E-state index in [0.717, 1.165) is 41.8 Å². The van der Waals surface area contributed by atoms with Crippen molar-refractivity contribution < 1.29 is 4.39 Å². The Morgan fingerprint density at radius 1 is 1.45 bits per heavy atom. The number of H-pyrrole nitrogens is 1. The summed E-state index contributed by atoms with van der Waals surface area (Å²) in [6.45, 7) is 2.62. The second kappa shape index (κ2) is 6.06. The van der Waals surface area contributed by atoms with E-state index >= 15 is 0 Å². The summed E-state index contributed by atoms with van der Waals surface area (Å²) in [4.78, 5) is 9.85. The van der Waals surface area contributed by atoms with Crippen molar-refractivity contribution in [3.8, 4) is 0 Å². The van der Waals surface area contributed by atoms with Crippen LogP contribution < -0.4 is 0 Å². The van der Waals surface area contributed by atoms with E-state index in [1.807, 2.05) is 18.3 Å². The van der Waals surface area contributed by atoms with Crippen LogP contribution in [0.5, 0.6) is 0 Å². The van der Waals surface area contributed by atoms with E-state index in [1.165, 1.54) is 6.07 Å². The van der Waals surface area contributed by atoms with Gasteiger partial charge in [-0.1, -0.05) is 22.0 Å². The lowest BCUT2D eigenvalue weighted by Crippen LogP contribution is -2.34. The summed E-state index contributed by atoms with van der Waals surface area (Å²) in [5, 5.41) is 0. The molecule has 1 aromatic carbocycles. The predicted octanol–water partition coefficient (Wildman–Crippen LogP) is 3.69. The highest BCUT2D eigenvalue weighted by molar-refractivity contribution is 9.10. The van der Waals surface area contributed by atoms with Crippen LogP contribution in [-0.2, 0) is 6.54 Å². The maximum absolute atomic E-state index is 13.9. The summed E-state index contributed by atoms with van der Waals surface area (Å²) in [7, 11) is 0. The van der Waals surface area contributed by atoms with Crippen molar-refractivity contribution in [2.75, 3.05) is 13.1 Å². The zero-order valence-corrected chi connectivity index (χ0v) is 12.7. The lowest BCUT2D eigenvalue weighted by molar-refractivity contribution is 0.195. The summed E-state index contributed by atoms with van der Waals surface area (Å²) in [5.74, 6) is 1.34. The van der Waals surface area contributed by atoms with Gasteiger partial charge in [0, 0.05) is 41.4 Å². The molecular weight excluding hydrogens is 321 g/mol. The summed E-state index contributed by atoms with van der Waals surface area (Å²) in [5.41, 5.74) is 0.758. The Kier molecular flexibility index (Phi) is 4.17. The minimum atomic E-state index is -0.139. The summed E-state index contributed by atoms with van der Waals surface area (Å²) in [6, 6.07) is 5.28. The van der Waals surface area contributed by atoms with Crippen LogP contribution in [0.25, 0.3) is 0 Å². The van der Waals surface area contributed by atoms with Crippen LogP contribution in [0.2, 0.25) is 0 Å². The molecule has 2 aromatic rings. The smallest absolute Gasteiger partial charge is 0.128 e. The molecule has 1 saturated heterocycles. The van der Waals surface area contributed by atoms with Crippen LogP contribution in [0, 0.1) is 5.82 Å². The van der Waals surface area contributed by atoms with E-state index in [-0.39, 0.29) is 5.82 Å². The largest absolute Gasteiger partial charge is 0.348 e. The molecular formula is C15H17BrFN3. The second-order valence-corrected chi connectivity index (χ2v) is 6.20. The van der Waals surface area contributed by atoms with Crippen LogP contribution in [0.4, 0.5) is 4.39 Å². The third kappa shape index (κ3) is 3.10. The van der Waals surface area contributed by atoms with E-state index in [9.17, 15) is 4.39 Å². The molecule has 20 heavy (non-hydrogen) atoms. The number of hydrogen-bond acceptors (Lipinski definition) is 2. The molecule has 2 heterocycles. The summed E-state index contributed by atoms with van der Waals surface area (Å²) >= 11 is 3.29. The molecule has 0 saturated carbocycles. The van der Waals surface area contributed by atoms with Gasteiger partial charge < -0.3 is 4.98 Å². The van der Waals surface area contributed by atoms with E-state index in [1.54, 1.807) is 6.20 Å². The molecule has 106 valence electrons. The molecule has 1 aromatic heterocycles. The second-order valence-electron chi connectivity index (χ2n) is 5.28. The number of imidazole rings is 1. The Bertz CT molecular complexity index is 571. The third-order valence-electron chi connectivity index (χ3n) is 3.82. The van der Waals surface area contributed by atoms with Crippen molar-refractivity contribution in [1.82, 2.24) is 14.9 Å². The fourth-order valence-corrected chi connectivity index (χ4v) is 3.15. The number of aromatic amines is 1. The number of hydrogen-bond donors (Lipinski definition) is 1. The van der Waals surface area contributed by atoms with Crippen molar-refractivity contribution >= 4 is 15.9 Å². The van der Waals surface area contributed by atoms with Crippen LogP contribution in [0.15, 0.2) is 35.1 Å². The highest BCUT2D eigenvalue weighted by Crippen LogP contribution is 2.26. The van der Waals surface area contributed by atoms with Gasteiger partial charge >= 0.3 is 0 Å². The van der Waals surface area contributed by atoms with Gasteiger partial charge in [-0.05, 0) is 31.5 Å². The molecule has 1 aliphatic rings. The average Bonchev–Trinajstić information content (AvgIpc) is 2.96. The van der Waals surface area contributed by atoms with Gasteiger partial charge in [-0.2, -0.15) is 0 Å². The number of rotatable bonds is 3. The van der Waals surface area contributed by atoms with Crippen LogP contribution in [-0.4, -0.2) is 28.0 Å². The molecule has 0 amide bonds. The van der Waals surface area contributed by atoms with Crippen molar-refractivity contribution in [1.29, 1.82) is 0 Å². The van der Waals surface area contributed by atoms with Gasteiger partial charge in [-0.25, -0.2) is 9.37 Å². The summed E-state index contributed by atoms with van der Waals surface area (Å²) in [6.07, 6.45) is 5.93. The zero-order valence-electron chi connectivity index (χ0n) is 11.1. The van der Waals surface area contributed by atoms with Crippen LogP contribution in [0.3, 0.4) is 0 Å². The van der Waals surface area contributed by atoms with Gasteiger partial charge in [-0.3, -0.25) is 4.90 Å². The molecule has 0 spiro atoms. The standard InChI is InChI=1S/C15H17BrFN3/c16-13-4-3-11(14(17)8-13)9-20-7-1-2-12(10-20)15-18-5-6-19-15/h3-6,8,12H,1-2,7,9-10H2,(H,18,19). The first-order valence-electron chi connectivity index (χ1n) is 6.88. The number of halogens is 2. The molecule has 3 nitrogen and oxygen atoms in total. The molecule has 1 fully saturated rings. The quantitative estimate of drug-likeness (QED) is 0.926. The lowest BCUT2D eigenvalue weighted by Gasteiger charge is -2.31. The van der Waals surface area contributed by atoms with Gasteiger partial charge in [0.2, 0.25) is 0 Å².